The first-order valence-corrected chi connectivity index (χ1v) is 11.7. The molecule has 172 valence electrons. The molecule has 2 amide bonds. The van der Waals surface area contributed by atoms with Crippen LogP contribution in [0.25, 0.3) is 0 Å². The van der Waals surface area contributed by atoms with Crippen LogP contribution in [-0.4, -0.2) is 41.0 Å². The van der Waals surface area contributed by atoms with Gasteiger partial charge in [-0.3, -0.25) is 14.5 Å². The van der Waals surface area contributed by atoms with Gasteiger partial charge >= 0.3 is 0 Å². The van der Waals surface area contributed by atoms with E-state index in [1.54, 1.807) is 6.07 Å². The van der Waals surface area contributed by atoms with Crippen molar-refractivity contribution in [2.45, 2.75) is 51.6 Å². The molecule has 1 aliphatic rings. The quantitative estimate of drug-likeness (QED) is 0.500. The zero-order valence-corrected chi connectivity index (χ0v) is 19.4. The fourth-order valence-electron chi connectivity index (χ4n) is 4.15. The molecule has 2 aromatic rings. The minimum Gasteiger partial charge on any atom is -0.506 e. The van der Waals surface area contributed by atoms with E-state index in [0.717, 1.165) is 18.4 Å². The largest absolute Gasteiger partial charge is 0.506 e. The summed E-state index contributed by atoms with van der Waals surface area (Å²) in [7, 11) is 0. The number of phenolic OH excluding ortho intramolecular Hbond substituents is 1. The van der Waals surface area contributed by atoms with Gasteiger partial charge in [0.15, 0.2) is 0 Å². The maximum atomic E-state index is 13.0. The fourth-order valence-corrected chi connectivity index (χ4v) is 4.32. The maximum Gasteiger partial charge on any atom is 0.237 e. The van der Waals surface area contributed by atoms with Crippen molar-refractivity contribution < 1.29 is 14.7 Å². The van der Waals surface area contributed by atoms with E-state index in [-0.39, 0.29) is 35.6 Å². The Morgan fingerprint density at radius 3 is 2.50 bits per heavy atom. The van der Waals surface area contributed by atoms with Crippen molar-refractivity contribution in [1.29, 1.82) is 0 Å². The van der Waals surface area contributed by atoms with E-state index < -0.39 is 0 Å². The Kier molecular flexibility index (Phi) is 8.53. The summed E-state index contributed by atoms with van der Waals surface area (Å²) in [6.07, 6.45) is 3.18. The van der Waals surface area contributed by atoms with E-state index in [1.807, 2.05) is 37.3 Å². The Morgan fingerprint density at radius 2 is 1.84 bits per heavy atom. The van der Waals surface area contributed by atoms with Crippen LogP contribution in [0.5, 0.6) is 5.75 Å². The number of anilines is 1. The van der Waals surface area contributed by atoms with Gasteiger partial charge in [0.1, 0.15) is 5.75 Å². The van der Waals surface area contributed by atoms with Crippen LogP contribution in [0.2, 0.25) is 5.02 Å². The first-order valence-electron chi connectivity index (χ1n) is 11.3. The third-order valence-corrected chi connectivity index (χ3v) is 6.37. The first-order chi connectivity index (χ1) is 15.4. The van der Waals surface area contributed by atoms with Crippen molar-refractivity contribution in [3.63, 3.8) is 0 Å². The maximum absolute atomic E-state index is 13.0. The van der Waals surface area contributed by atoms with Crippen molar-refractivity contribution in [3.8, 4) is 5.75 Å². The second-order valence-corrected chi connectivity index (χ2v) is 8.83. The highest BCUT2D eigenvalue weighted by atomic mass is 35.5. The molecule has 0 aromatic heterocycles. The molecule has 0 bridgehead atoms. The van der Waals surface area contributed by atoms with E-state index in [2.05, 4.69) is 22.5 Å². The minimum atomic E-state index is -0.265. The van der Waals surface area contributed by atoms with Crippen LogP contribution in [0.3, 0.4) is 0 Å². The standard InChI is InChI=1S/C25H32ClN3O3/c1-3-7-21(18-8-5-4-6-9-18)27-24(31)17(2)29-14-12-19(13-15-29)25(32)28-22-16-20(26)10-11-23(22)30/h4-6,8-11,16-17,19,21,30H,3,7,12-15H2,1-2H3,(H,27,31)(H,28,32). The highest BCUT2D eigenvalue weighted by molar-refractivity contribution is 6.31. The molecule has 2 atom stereocenters. The lowest BCUT2D eigenvalue weighted by Gasteiger charge is -2.35. The number of carbonyl (C=O) groups is 2. The Hall–Kier alpha value is -2.57. The van der Waals surface area contributed by atoms with E-state index in [4.69, 9.17) is 11.6 Å². The molecule has 0 radical (unpaired) electrons. The molecule has 1 saturated heterocycles. The molecule has 2 unspecified atom stereocenters. The predicted octanol–water partition coefficient (Wildman–Crippen LogP) is 4.74. The van der Waals surface area contributed by atoms with Crippen molar-refractivity contribution in [1.82, 2.24) is 10.2 Å². The number of nitrogens with one attached hydrogen (secondary N) is 2. The molecule has 1 aliphatic heterocycles. The topological polar surface area (TPSA) is 81.7 Å². The molecule has 6 nitrogen and oxygen atoms in total. The number of amides is 2. The molecule has 1 heterocycles. The lowest BCUT2D eigenvalue weighted by atomic mass is 9.94. The van der Waals surface area contributed by atoms with Crippen LogP contribution in [0.15, 0.2) is 48.5 Å². The van der Waals surface area contributed by atoms with Crippen LogP contribution in [0.4, 0.5) is 5.69 Å². The Labute approximate surface area is 195 Å². The summed E-state index contributed by atoms with van der Waals surface area (Å²) in [4.78, 5) is 27.7. The van der Waals surface area contributed by atoms with Gasteiger partial charge < -0.3 is 15.7 Å². The van der Waals surface area contributed by atoms with Gasteiger partial charge in [0.05, 0.1) is 17.8 Å². The Morgan fingerprint density at radius 1 is 1.16 bits per heavy atom. The van der Waals surface area contributed by atoms with E-state index in [1.165, 1.54) is 12.1 Å². The predicted molar refractivity (Wildman–Crippen MR) is 128 cm³/mol. The summed E-state index contributed by atoms with van der Waals surface area (Å²) >= 11 is 5.96. The average molecular weight is 458 g/mol. The fraction of sp³-hybridized carbons (Fsp3) is 0.440. The van der Waals surface area contributed by atoms with Crippen molar-refractivity contribution in [2.24, 2.45) is 5.92 Å². The van der Waals surface area contributed by atoms with Crippen molar-refractivity contribution in [3.05, 3.63) is 59.1 Å². The van der Waals surface area contributed by atoms with Crippen molar-refractivity contribution >= 4 is 29.1 Å². The molecule has 1 fully saturated rings. The molecule has 32 heavy (non-hydrogen) atoms. The molecular formula is C25H32ClN3O3. The number of benzene rings is 2. The highest BCUT2D eigenvalue weighted by Crippen LogP contribution is 2.28. The monoisotopic (exact) mass is 457 g/mol. The number of aromatic hydroxyl groups is 1. The van der Waals surface area contributed by atoms with Gasteiger partial charge in [0.25, 0.3) is 0 Å². The normalized spacial score (nSPS) is 16.8. The summed E-state index contributed by atoms with van der Waals surface area (Å²) in [5.41, 5.74) is 1.44. The number of halogens is 1. The average Bonchev–Trinajstić information content (AvgIpc) is 2.81. The summed E-state index contributed by atoms with van der Waals surface area (Å²) in [6, 6.07) is 14.4. The molecule has 3 rings (SSSR count). The van der Waals surface area contributed by atoms with Crippen LogP contribution in [0.1, 0.15) is 51.1 Å². The molecule has 3 N–H and O–H groups in total. The molecular weight excluding hydrogens is 426 g/mol. The smallest absolute Gasteiger partial charge is 0.237 e. The number of likely N-dealkylation sites (tertiary alicyclic amines) is 1. The summed E-state index contributed by atoms with van der Waals surface area (Å²) in [5.74, 6) is -0.298. The molecule has 0 saturated carbocycles. The van der Waals surface area contributed by atoms with E-state index in [9.17, 15) is 14.7 Å². The van der Waals surface area contributed by atoms with E-state index >= 15 is 0 Å². The first kappa shape index (κ1) is 24.1. The lowest BCUT2D eigenvalue weighted by Crippen LogP contribution is -2.49. The second kappa shape index (κ2) is 11.3. The number of hydrogen-bond acceptors (Lipinski definition) is 4. The third-order valence-electron chi connectivity index (χ3n) is 6.14. The second-order valence-electron chi connectivity index (χ2n) is 8.40. The number of rotatable bonds is 8. The molecule has 2 aromatic carbocycles. The molecule has 7 heteroatoms. The van der Waals surface area contributed by atoms with Gasteiger partial charge in [-0.1, -0.05) is 55.3 Å². The van der Waals surface area contributed by atoms with Crippen LogP contribution in [-0.2, 0) is 9.59 Å². The van der Waals surface area contributed by atoms with Gasteiger partial charge in [-0.15, -0.1) is 0 Å². The number of carbonyl (C=O) groups excluding carboxylic acids is 2. The highest BCUT2D eigenvalue weighted by Gasteiger charge is 2.30. The zero-order valence-electron chi connectivity index (χ0n) is 18.7. The van der Waals surface area contributed by atoms with Crippen LogP contribution < -0.4 is 10.6 Å². The van der Waals surface area contributed by atoms with Gasteiger partial charge in [0, 0.05) is 10.9 Å². The zero-order chi connectivity index (χ0) is 23.1. The third kappa shape index (κ3) is 6.24. The van der Waals surface area contributed by atoms with E-state index in [0.29, 0.717) is 36.6 Å². The van der Waals surface area contributed by atoms with Crippen LogP contribution in [0, 0.1) is 5.92 Å². The van der Waals surface area contributed by atoms with Gasteiger partial charge in [0.2, 0.25) is 11.8 Å². The molecule has 0 spiro atoms. The van der Waals surface area contributed by atoms with Crippen LogP contribution >= 0.6 is 11.6 Å². The number of piperidine rings is 1. The van der Waals surface area contributed by atoms with Crippen molar-refractivity contribution in [2.75, 3.05) is 18.4 Å². The SMILES string of the molecule is CCCC(NC(=O)C(C)N1CCC(C(=O)Nc2cc(Cl)ccc2O)CC1)c1ccccc1. The summed E-state index contributed by atoms with van der Waals surface area (Å²) in [6.45, 7) is 5.37. The Balaban J connectivity index is 1.53. The Bertz CT molecular complexity index is 914. The van der Waals surface area contributed by atoms with Gasteiger partial charge in [-0.25, -0.2) is 0 Å². The summed E-state index contributed by atoms with van der Waals surface area (Å²) < 4.78 is 0. The molecule has 0 aliphatic carbocycles. The number of hydrogen-bond donors (Lipinski definition) is 3. The lowest BCUT2D eigenvalue weighted by molar-refractivity contribution is -0.127. The summed E-state index contributed by atoms with van der Waals surface area (Å²) in [5, 5.41) is 16.4. The minimum absolute atomic E-state index is 0.00448. The number of phenols is 1. The van der Waals surface area contributed by atoms with Gasteiger partial charge in [-0.05, 0) is 63.0 Å². The number of nitrogens with zero attached hydrogens (tertiary/aromatic N) is 1. The van der Waals surface area contributed by atoms with Gasteiger partial charge in [-0.2, -0.15) is 0 Å².